The van der Waals surface area contributed by atoms with Crippen LogP contribution in [0.5, 0.6) is 0 Å². The Morgan fingerprint density at radius 3 is 2.53 bits per heavy atom. The zero-order valence-electron chi connectivity index (χ0n) is 9.61. The highest BCUT2D eigenvalue weighted by Gasteiger charge is 2.29. The summed E-state index contributed by atoms with van der Waals surface area (Å²) in [5, 5.41) is 2.94. The second-order valence-electron chi connectivity index (χ2n) is 3.77. The first-order chi connectivity index (χ1) is 7.83. The summed E-state index contributed by atoms with van der Waals surface area (Å²) < 4.78 is 37.8. The fourth-order valence-corrected chi connectivity index (χ4v) is 2.02. The van der Waals surface area contributed by atoms with Gasteiger partial charge in [0, 0.05) is 23.8 Å². The highest BCUT2D eigenvalue weighted by atomic mass is 79.9. The number of nitrogens with one attached hydrogen (secondary N) is 1. The lowest BCUT2D eigenvalue weighted by molar-refractivity contribution is -0.119. The molecule has 0 unspecified atom stereocenters. The minimum Gasteiger partial charge on any atom is -0.365 e. The predicted octanol–water partition coefficient (Wildman–Crippen LogP) is 3.17. The Morgan fingerprint density at radius 2 is 2.00 bits per heavy atom. The second kappa shape index (κ2) is 5.73. The van der Waals surface area contributed by atoms with Crippen molar-refractivity contribution in [2.24, 2.45) is 0 Å². The molecule has 0 heterocycles. The monoisotopic (exact) mass is 310 g/mol. The minimum absolute atomic E-state index is 0.525. The maximum absolute atomic E-state index is 12.3. The molecule has 0 saturated heterocycles. The molecule has 0 aromatic heterocycles. The maximum Gasteiger partial charge on any atom is 0.405 e. The quantitative estimate of drug-likeness (QED) is 0.919. The molecule has 0 aliphatic carbocycles. The first-order valence-electron chi connectivity index (χ1n) is 5.04. The van der Waals surface area contributed by atoms with Crippen LogP contribution in [0.4, 0.5) is 18.9 Å². The van der Waals surface area contributed by atoms with Gasteiger partial charge in [0.15, 0.2) is 0 Å². The number of alkyl halides is 3. The van der Waals surface area contributed by atoms with Gasteiger partial charge in [-0.3, -0.25) is 0 Å². The SMILES string of the molecule is CNCc1cc(Br)ccc1N(C)CC(F)(F)F. The minimum atomic E-state index is -4.20. The molecule has 1 aromatic carbocycles. The molecule has 2 nitrogen and oxygen atoms in total. The highest BCUT2D eigenvalue weighted by molar-refractivity contribution is 9.10. The summed E-state index contributed by atoms with van der Waals surface area (Å²) in [5.74, 6) is 0. The normalized spacial score (nSPS) is 11.6. The number of hydrogen-bond acceptors (Lipinski definition) is 2. The molecule has 17 heavy (non-hydrogen) atoms. The number of benzene rings is 1. The summed E-state index contributed by atoms with van der Waals surface area (Å²) in [6.45, 7) is -0.428. The van der Waals surface area contributed by atoms with E-state index < -0.39 is 12.7 Å². The van der Waals surface area contributed by atoms with Crippen molar-refractivity contribution in [2.75, 3.05) is 25.5 Å². The van der Waals surface area contributed by atoms with Crippen molar-refractivity contribution in [2.45, 2.75) is 12.7 Å². The van der Waals surface area contributed by atoms with Crippen LogP contribution in [-0.2, 0) is 6.54 Å². The molecule has 0 radical (unpaired) electrons. The smallest absolute Gasteiger partial charge is 0.365 e. The lowest BCUT2D eigenvalue weighted by Crippen LogP contribution is -2.31. The van der Waals surface area contributed by atoms with Crippen LogP contribution in [-0.4, -0.2) is 26.8 Å². The molecule has 0 spiro atoms. The van der Waals surface area contributed by atoms with Crippen molar-refractivity contribution < 1.29 is 13.2 Å². The first-order valence-corrected chi connectivity index (χ1v) is 5.83. The van der Waals surface area contributed by atoms with Gasteiger partial charge in [-0.05, 0) is 30.8 Å². The van der Waals surface area contributed by atoms with Crippen LogP contribution in [0, 0.1) is 0 Å². The molecular formula is C11H14BrF3N2. The number of hydrogen-bond donors (Lipinski definition) is 1. The summed E-state index contributed by atoms with van der Waals surface area (Å²) in [7, 11) is 3.20. The summed E-state index contributed by atoms with van der Waals surface area (Å²) in [4.78, 5) is 1.21. The molecule has 0 fully saturated rings. The molecule has 6 heteroatoms. The molecule has 0 saturated carbocycles. The third-order valence-electron chi connectivity index (χ3n) is 2.24. The predicted molar refractivity (Wildman–Crippen MR) is 66.2 cm³/mol. The molecule has 0 aliphatic heterocycles. The maximum atomic E-state index is 12.3. The van der Waals surface area contributed by atoms with Crippen molar-refractivity contribution in [3.05, 3.63) is 28.2 Å². The fraction of sp³-hybridized carbons (Fsp3) is 0.455. The van der Waals surface area contributed by atoms with Crippen molar-refractivity contribution in [1.29, 1.82) is 0 Å². The van der Waals surface area contributed by atoms with Crippen LogP contribution >= 0.6 is 15.9 Å². The van der Waals surface area contributed by atoms with Gasteiger partial charge < -0.3 is 10.2 Å². The van der Waals surface area contributed by atoms with Crippen LogP contribution in [0.2, 0.25) is 0 Å². The van der Waals surface area contributed by atoms with E-state index >= 15 is 0 Å². The molecule has 1 N–H and O–H groups in total. The zero-order chi connectivity index (χ0) is 13.1. The molecule has 96 valence electrons. The van der Waals surface area contributed by atoms with Gasteiger partial charge in [-0.15, -0.1) is 0 Å². The number of halogens is 4. The van der Waals surface area contributed by atoms with Crippen LogP contribution in [0.25, 0.3) is 0 Å². The van der Waals surface area contributed by atoms with Gasteiger partial charge in [-0.1, -0.05) is 15.9 Å². The molecule has 0 aliphatic rings. The van der Waals surface area contributed by atoms with Gasteiger partial charge in [0.1, 0.15) is 6.54 Å². The van der Waals surface area contributed by atoms with Crippen molar-refractivity contribution in [3.8, 4) is 0 Å². The highest BCUT2D eigenvalue weighted by Crippen LogP contribution is 2.26. The molecule has 0 atom stereocenters. The summed E-state index contributed by atoms with van der Waals surface area (Å²) >= 11 is 3.31. The number of rotatable bonds is 4. The van der Waals surface area contributed by atoms with E-state index in [1.807, 2.05) is 6.07 Å². The van der Waals surface area contributed by atoms with E-state index in [1.165, 1.54) is 11.9 Å². The van der Waals surface area contributed by atoms with E-state index in [0.29, 0.717) is 12.2 Å². The Morgan fingerprint density at radius 1 is 1.35 bits per heavy atom. The van der Waals surface area contributed by atoms with Crippen LogP contribution in [0.15, 0.2) is 22.7 Å². The third-order valence-corrected chi connectivity index (χ3v) is 2.73. The third kappa shape index (κ3) is 4.55. The van der Waals surface area contributed by atoms with Crippen molar-refractivity contribution >= 4 is 21.6 Å². The van der Waals surface area contributed by atoms with Crippen molar-refractivity contribution in [1.82, 2.24) is 5.32 Å². The van der Waals surface area contributed by atoms with Crippen LogP contribution in [0.1, 0.15) is 5.56 Å². The average molecular weight is 311 g/mol. The van der Waals surface area contributed by atoms with Gasteiger partial charge in [-0.25, -0.2) is 0 Å². The van der Waals surface area contributed by atoms with Crippen LogP contribution in [0.3, 0.4) is 0 Å². The molecular weight excluding hydrogens is 297 g/mol. The Labute approximate surface area is 107 Å². The van der Waals surface area contributed by atoms with E-state index in [2.05, 4.69) is 21.2 Å². The fourth-order valence-electron chi connectivity index (χ4n) is 1.61. The van der Waals surface area contributed by atoms with Crippen LogP contribution < -0.4 is 10.2 Å². The first kappa shape index (κ1) is 14.3. The Hall–Kier alpha value is -0.750. The summed E-state index contributed by atoms with van der Waals surface area (Å²) in [5.41, 5.74) is 1.41. The second-order valence-corrected chi connectivity index (χ2v) is 4.69. The van der Waals surface area contributed by atoms with Gasteiger partial charge in [-0.2, -0.15) is 13.2 Å². The zero-order valence-corrected chi connectivity index (χ0v) is 11.2. The summed E-state index contributed by atoms with van der Waals surface area (Å²) in [6.07, 6.45) is -4.20. The van der Waals surface area contributed by atoms with E-state index in [4.69, 9.17) is 0 Å². The van der Waals surface area contributed by atoms with Gasteiger partial charge in [0.05, 0.1) is 0 Å². The Kier molecular flexibility index (Phi) is 4.82. The Bertz CT molecular complexity index is 379. The molecule has 1 aromatic rings. The van der Waals surface area contributed by atoms with Gasteiger partial charge >= 0.3 is 6.18 Å². The topological polar surface area (TPSA) is 15.3 Å². The van der Waals surface area contributed by atoms with E-state index in [0.717, 1.165) is 10.0 Å². The van der Waals surface area contributed by atoms with E-state index in [9.17, 15) is 13.2 Å². The molecule has 0 amide bonds. The number of nitrogens with zero attached hydrogens (tertiary/aromatic N) is 1. The van der Waals surface area contributed by atoms with Gasteiger partial charge in [0.2, 0.25) is 0 Å². The lowest BCUT2D eigenvalue weighted by atomic mass is 10.1. The van der Waals surface area contributed by atoms with Crippen molar-refractivity contribution in [3.63, 3.8) is 0 Å². The van der Waals surface area contributed by atoms with E-state index in [-0.39, 0.29) is 0 Å². The Balaban J connectivity index is 2.95. The molecule has 1 rings (SSSR count). The number of anilines is 1. The van der Waals surface area contributed by atoms with E-state index in [1.54, 1.807) is 19.2 Å². The average Bonchev–Trinajstić information content (AvgIpc) is 2.15. The van der Waals surface area contributed by atoms with Gasteiger partial charge in [0.25, 0.3) is 0 Å². The standard InChI is InChI=1S/C11H14BrF3N2/c1-16-6-8-5-9(12)3-4-10(8)17(2)7-11(13,14)15/h3-5,16H,6-7H2,1-2H3. The lowest BCUT2D eigenvalue weighted by Gasteiger charge is -2.23. The largest absolute Gasteiger partial charge is 0.405 e. The molecule has 0 bridgehead atoms. The summed E-state index contributed by atoms with van der Waals surface area (Å²) in [6, 6.07) is 5.24.